The molecule has 4 bridgehead atoms. The number of benzene rings is 1. The molecular formula is C42H53N9O5S. The molecule has 14 nitrogen and oxygen atoms in total. The third-order valence-electron chi connectivity index (χ3n) is 12.3. The maximum atomic E-state index is 12.8. The van der Waals surface area contributed by atoms with Crippen molar-refractivity contribution < 1.29 is 24.9 Å². The Morgan fingerprint density at radius 3 is 2.47 bits per heavy atom. The highest BCUT2D eigenvalue weighted by molar-refractivity contribution is 7.22. The van der Waals surface area contributed by atoms with E-state index in [0.29, 0.717) is 49.1 Å². The van der Waals surface area contributed by atoms with Crippen molar-refractivity contribution in [2.45, 2.75) is 90.9 Å². The van der Waals surface area contributed by atoms with Gasteiger partial charge in [0.1, 0.15) is 5.82 Å². The second-order valence-corrected chi connectivity index (χ2v) is 18.7. The number of para-hydroxylation sites is 1. The number of aliphatic hydroxyl groups excluding tert-OH is 2. The Hall–Kier alpha value is -4.54. The smallest absolute Gasteiger partial charge is 0.355 e. The number of fused-ring (bicyclic) bond motifs is 1. The molecule has 4 saturated carbocycles. The molecule has 0 amide bonds. The SMILES string of the molecule is Cc1cc(N(C)c2ccc(-c3cnn(CC45CC6(C)CC(C)(C4)CC(OCCNCC[C@H](O)CO)(C6)C5)c3C)c(C(=O)O)n2)nnc1Nc1nc2ccccc2s1. The minimum atomic E-state index is -1.12. The summed E-state index contributed by atoms with van der Waals surface area (Å²) in [5, 5.41) is 50.3. The van der Waals surface area contributed by atoms with E-state index in [1.165, 1.54) is 6.42 Å². The molecule has 0 aliphatic heterocycles. The Bertz CT molecular complexity index is 2240. The van der Waals surface area contributed by atoms with Gasteiger partial charge in [0.15, 0.2) is 22.5 Å². The lowest BCUT2D eigenvalue weighted by atomic mass is 9.39. The molecule has 4 aromatic heterocycles. The first-order valence-corrected chi connectivity index (χ1v) is 20.6. The van der Waals surface area contributed by atoms with Crippen LogP contribution in [-0.4, -0.2) is 96.3 Å². The van der Waals surface area contributed by atoms with Gasteiger partial charge in [-0.2, -0.15) is 5.10 Å². The number of carboxylic acids is 1. The second kappa shape index (κ2) is 15.0. The predicted octanol–water partition coefficient (Wildman–Crippen LogP) is 6.64. The summed E-state index contributed by atoms with van der Waals surface area (Å²) in [6.45, 7) is 11.2. The zero-order valence-electron chi connectivity index (χ0n) is 33.4. The topological polar surface area (TPSA) is 184 Å². The van der Waals surface area contributed by atoms with Crippen LogP contribution in [0.5, 0.6) is 0 Å². The Balaban J connectivity index is 0.985. The van der Waals surface area contributed by atoms with E-state index < -0.39 is 12.1 Å². The molecule has 1 aromatic carbocycles. The summed E-state index contributed by atoms with van der Waals surface area (Å²) in [6, 6.07) is 13.5. The Morgan fingerprint density at radius 1 is 0.982 bits per heavy atom. The van der Waals surface area contributed by atoms with Gasteiger partial charge in [-0.25, -0.2) is 14.8 Å². The van der Waals surface area contributed by atoms with E-state index in [4.69, 9.17) is 14.9 Å². The molecule has 4 aliphatic rings. The fourth-order valence-electron chi connectivity index (χ4n) is 11.1. The average molecular weight is 796 g/mol. The van der Waals surface area contributed by atoms with E-state index in [-0.39, 0.29) is 34.1 Å². The largest absolute Gasteiger partial charge is 0.476 e. The Kier molecular flexibility index (Phi) is 10.3. The van der Waals surface area contributed by atoms with E-state index in [9.17, 15) is 15.0 Å². The van der Waals surface area contributed by atoms with Crippen LogP contribution in [0.4, 0.5) is 22.6 Å². The number of anilines is 4. The molecule has 0 radical (unpaired) electrons. The van der Waals surface area contributed by atoms with Gasteiger partial charge in [-0.1, -0.05) is 37.3 Å². The van der Waals surface area contributed by atoms with E-state index >= 15 is 0 Å². The maximum absolute atomic E-state index is 12.8. The monoisotopic (exact) mass is 795 g/mol. The van der Waals surface area contributed by atoms with Crippen LogP contribution in [0.3, 0.4) is 0 Å². The standard InChI is InChI=1S/C42H53N9O5S/c1-26-16-34(48-49-36(26)47-38-45-31-8-6-7-9-32(31)57-38)50(5)33-11-10-29(35(46-33)37(54)55)30-17-44-51(27(30)2)25-41-20-39(3)19-40(4,21-41)23-42(22-39,24-41)56-15-14-43-13-12-28(53)18-52/h6-11,16-17,28,43,52-53H,12-15,18-25H2,1-5H3,(H,54,55)(H,45,47,49)/t28-,39?,40?,41?,42?/m0/s1. The third-order valence-corrected chi connectivity index (χ3v) is 13.3. The molecule has 3 atom stereocenters. The number of carbonyl (C=O) groups is 1. The highest BCUT2D eigenvalue weighted by Crippen LogP contribution is 2.72. The molecule has 0 saturated heterocycles. The molecule has 5 N–H and O–H groups in total. The molecule has 302 valence electrons. The molecule has 4 aliphatic carbocycles. The van der Waals surface area contributed by atoms with Crippen molar-refractivity contribution in [1.82, 2.24) is 35.3 Å². The summed E-state index contributed by atoms with van der Waals surface area (Å²) in [4.78, 5) is 23.8. The van der Waals surface area contributed by atoms with E-state index in [1.54, 1.807) is 29.5 Å². The number of nitrogens with zero attached hydrogens (tertiary/aromatic N) is 7. The van der Waals surface area contributed by atoms with Gasteiger partial charge in [0.2, 0.25) is 0 Å². The lowest BCUT2D eigenvalue weighted by Crippen LogP contribution is -2.64. The third kappa shape index (κ3) is 7.87. The first kappa shape index (κ1) is 39.3. The number of ether oxygens (including phenoxy) is 1. The van der Waals surface area contributed by atoms with E-state index in [2.05, 4.69) is 49.3 Å². The van der Waals surface area contributed by atoms with Crippen LogP contribution in [0, 0.1) is 30.1 Å². The van der Waals surface area contributed by atoms with Crippen molar-refractivity contribution in [3.63, 3.8) is 0 Å². The first-order valence-electron chi connectivity index (χ1n) is 19.8. The van der Waals surface area contributed by atoms with Crippen molar-refractivity contribution in [2.75, 3.05) is 43.6 Å². The number of aromatic carboxylic acids is 1. The van der Waals surface area contributed by atoms with Crippen LogP contribution in [0.2, 0.25) is 0 Å². The predicted molar refractivity (Wildman–Crippen MR) is 221 cm³/mol. The number of pyridine rings is 1. The molecule has 4 heterocycles. The fourth-order valence-corrected chi connectivity index (χ4v) is 11.9. The number of rotatable bonds is 16. The maximum Gasteiger partial charge on any atom is 0.355 e. The number of carboxylic acid groups (broad SMARTS) is 1. The van der Waals surface area contributed by atoms with Gasteiger partial charge in [-0.15, -0.1) is 10.2 Å². The van der Waals surface area contributed by atoms with Crippen LogP contribution in [0.15, 0.2) is 48.7 Å². The van der Waals surface area contributed by atoms with E-state index in [1.807, 2.05) is 56.3 Å². The molecule has 57 heavy (non-hydrogen) atoms. The highest BCUT2D eigenvalue weighted by atomic mass is 32.1. The highest BCUT2D eigenvalue weighted by Gasteiger charge is 2.66. The molecule has 4 fully saturated rings. The van der Waals surface area contributed by atoms with Crippen molar-refractivity contribution in [1.29, 1.82) is 0 Å². The lowest BCUT2D eigenvalue weighted by Gasteiger charge is -2.69. The molecule has 15 heteroatoms. The number of aryl methyl sites for hydroxylation is 1. The summed E-state index contributed by atoms with van der Waals surface area (Å²) in [6.07, 6.45) is 8.06. The van der Waals surface area contributed by atoms with Crippen LogP contribution >= 0.6 is 11.3 Å². The molecule has 5 aromatic rings. The zero-order chi connectivity index (χ0) is 40.2. The summed E-state index contributed by atoms with van der Waals surface area (Å²) < 4.78 is 9.98. The Labute approximate surface area is 336 Å². The van der Waals surface area contributed by atoms with Crippen molar-refractivity contribution in [2.24, 2.45) is 16.2 Å². The van der Waals surface area contributed by atoms with E-state index in [0.717, 1.165) is 70.8 Å². The number of hydrogen-bond acceptors (Lipinski definition) is 13. The minimum Gasteiger partial charge on any atom is -0.476 e. The van der Waals surface area contributed by atoms with Crippen LogP contribution in [0.1, 0.15) is 80.5 Å². The number of aliphatic hydroxyl groups is 2. The number of hydrogen-bond donors (Lipinski definition) is 5. The van der Waals surface area contributed by atoms with Gasteiger partial charge in [0.25, 0.3) is 0 Å². The van der Waals surface area contributed by atoms with Gasteiger partial charge in [-0.05, 0) is 117 Å². The van der Waals surface area contributed by atoms with Crippen molar-refractivity contribution >= 4 is 50.1 Å². The Morgan fingerprint density at radius 2 is 1.75 bits per heavy atom. The average Bonchev–Trinajstić information content (AvgIpc) is 3.73. The normalized spacial score (nSPS) is 25.6. The van der Waals surface area contributed by atoms with Gasteiger partial charge < -0.3 is 35.6 Å². The van der Waals surface area contributed by atoms with Gasteiger partial charge >= 0.3 is 5.97 Å². The molecular weight excluding hydrogens is 743 g/mol. The van der Waals surface area contributed by atoms with Crippen LogP contribution < -0.4 is 15.5 Å². The second-order valence-electron chi connectivity index (χ2n) is 17.7. The van der Waals surface area contributed by atoms with Crippen molar-refractivity contribution in [3.05, 3.63) is 65.6 Å². The van der Waals surface area contributed by atoms with Gasteiger partial charge in [0, 0.05) is 37.0 Å². The number of aromatic nitrogens is 6. The minimum absolute atomic E-state index is 0.00400. The number of nitrogens with one attached hydrogen (secondary N) is 2. The summed E-state index contributed by atoms with van der Waals surface area (Å²) >= 11 is 1.54. The van der Waals surface area contributed by atoms with Crippen LogP contribution in [-0.2, 0) is 11.3 Å². The summed E-state index contributed by atoms with van der Waals surface area (Å²) in [5.41, 5.74) is 4.04. The summed E-state index contributed by atoms with van der Waals surface area (Å²) in [7, 11) is 1.80. The number of thiazole rings is 1. The molecule has 0 spiro atoms. The van der Waals surface area contributed by atoms with Gasteiger partial charge in [-0.3, -0.25) is 4.68 Å². The molecule has 9 rings (SSSR count). The van der Waals surface area contributed by atoms with Crippen LogP contribution in [0.25, 0.3) is 21.3 Å². The fraction of sp³-hybridized carbons (Fsp3) is 0.524. The first-order chi connectivity index (χ1) is 27.2. The zero-order valence-corrected chi connectivity index (χ0v) is 34.2. The quantitative estimate of drug-likeness (QED) is 0.0671. The lowest BCUT2D eigenvalue weighted by molar-refractivity contribution is -0.247. The van der Waals surface area contributed by atoms with Crippen molar-refractivity contribution in [3.8, 4) is 11.1 Å². The van der Waals surface area contributed by atoms with Gasteiger partial charge in [0.05, 0.1) is 41.3 Å². The summed E-state index contributed by atoms with van der Waals surface area (Å²) in [5.74, 6) is 0.426. The molecule has 2 unspecified atom stereocenters.